The van der Waals surface area contributed by atoms with Crippen LogP contribution in [0.1, 0.15) is 28.4 Å². The van der Waals surface area contributed by atoms with E-state index < -0.39 is 0 Å². The highest BCUT2D eigenvalue weighted by molar-refractivity contribution is 7.99. The van der Waals surface area contributed by atoms with Crippen molar-refractivity contribution in [1.29, 1.82) is 0 Å². The van der Waals surface area contributed by atoms with E-state index in [4.69, 9.17) is 0 Å². The number of hydrogen-bond acceptors (Lipinski definition) is 4. The Morgan fingerprint density at radius 1 is 1.00 bits per heavy atom. The summed E-state index contributed by atoms with van der Waals surface area (Å²) < 4.78 is 0. The SMILES string of the molecule is CC(=O)Nc1ccc(/C=C/C(=O)Nc2ccc(C(=O)N3CCSCC3)cc2C)cc1. The maximum absolute atomic E-state index is 12.6. The molecule has 0 unspecified atom stereocenters. The van der Waals surface area contributed by atoms with Gasteiger partial charge < -0.3 is 15.5 Å². The number of aryl methyl sites for hydroxylation is 1. The highest BCUT2D eigenvalue weighted by atomic mass is 32.2. The first-order valence-corrected chi connectivity index (χ1v) is 10.9. The largest absolute Gasteiger partial charge is 0.337 e. The monoisotopic (exact) mass is 423 g/mol. The first kappa shape index (κ1) is 21.6. The van der Waals surface area contributed by atoms with Crippen LogP contribution in [0.25, 0.3) is 6.08 Å². The minimum absolute atomic E-state index is 0.0406. The van der Waals surface area contributed by atoms with Crippen molar-refractivity contribution in [1.82, 2.24) is 4.90 Å². The topological polar surface area (TPSA) is 78.5 Å². The van der Waals surface area contributed by atoms with Crippen molar-refractivity contribution in [2.45, 2.75) is 13.8 Å². The first-order chi connectivity index (χ1) is 14.4. The van der Waals surface area contributed by atoms with Gasteiger partial charge in [0.15, 0.2) is 0 Å². The van der Waals surface area contributed by atoms with Crippen molar-refractivity contribution in [2.75, 3.05) is 35.2 Å². The van der Waals surface area contributed by atoms with Crippen LogP contribution < -0.4 is 10.6 Å². The molecule has 0 atom stereocenters. The van der Waals surface area contributed by atoms with Crippen LogP contribution in [0.2, 0.25) is 0 Å². The zero-order valence-corrected chi connectivity index (χ0v) is 17.9. The Morgan fingerprint density at radius 3 is 2.33 bits per heavy atom. The molecule has 0 aliphatic carbocycles. The second kappa shape index (κ2) is 10.1. The third-order valence-corrected chi connectivity index (χ3v) is 5.63. The lowest BCUT2D eigenvalue weighted by molar-refractivity contribution is -0.114. The highest BCUT2D eigenvalue weighted by Crippen LogP contribution is 2.20. The molecule has 0 aromatic heterocycles. The van der Waals surface area contributed by atoms with Crippen molar-refractivity contribution in [3.05, 3.63) is 65.2 Å². The standard InChI is InChI=1S/C23H25N3O3S/c1-16-15-19(23(29)26-11-13-30-14-12-26)6-9-21(16)25-22(28)10-5-18-3-7-20(8-4-18)24-17(2)27/h3-10,15H,11-14H2,1-2H3,(H,24,27)(H,25,28)/b10-5+. The summed E-state index contributed by atoms with van der Waals surface area (Å²) in [5.41, 5.74) is 3.71. The normalized spacial score (nSPS) is 13.9. The molecule has 6 nitrogen and oxygen atoms in total. The zero-order valence-electron chi connectivity index (χ0n) is 17.1. The number of nitrogens with zero attached hydrogens (tertiary/aromatic N) is 1. The lowest BCUT2D eigenvalue weighted by Gasteiger charge is -2.26. The predicted octanol–water partition coefficient (Wildman–Crippen LogP) is 3.79. The Hall–Kier alpha value is -3.06. The van der Waals surface area contributed by atoms with Gasteiger partial charge in [0.25, 0.3) is 5.91 Å². The lowest BCUT2D eigenvalue weighted by Crippen LogP contribution is -2.37. The molecule has 2 aromatic carbocycles. The molecule has 3 amide bonds. The summed E-state index contributed by atoms with van der Waals surface area (Å²) in [5, 5.41) is 5.55. The molecule has 1 aliphatic heterocycles. The molecular weight excluding hydrogens is 398 g/mol. The summed E-state index contributed by atoms with van der Waals surface area (Å²) in [4.78, 5) is 37.8. The van der Waals surface area contributed by atoms with Crippen molar-refractivity contribution in [2.24, 2.45) is 0 Å². The van der Waals surface area contributed by atoms with Gasteiger partial charge in [-0.25, -0.2) is 0 Å². The van der Waals surface area contributed by atoms with Crippen molar-refractivity contribution in [3.63, 3.8) is 0 Å². The van der Waals surface area contributed by atoms with Crippen LogP contribution in [-0.2, 0) is 9.59 Å². The molecule has 30 heavy (non-hydrogen) atoms. The van der Waals surface area contributed by atoms with Crippen LogP contribution in [0.15, 0.2) is 48.5 Å². The number of nitrogens with one attached hydrogen (secondary N) is 2. The summed E-state index contributed by atoms with van der Waals surface area (Å²) in [6, 6.07) is 12.6. The fraction of sp³-hybridized carbons (Fsp3) is 0.261. The third kappa shape index (κ3) is 5.97. The van der Waals surface area contributed by atoms with E-state index in [2.05, 4.69) is 10.6 Å². The van der Waals surface area contributed by atoms with Gasteiger partial charge in [0.1, 0.15) is 0 Å². The zero-order chi connectivity index (χ0) is 21.5. The summed E-state index contributed by atoms with van der Waals surface area (Å²) in [6.07, 6.45) is 3.16. The van der Waals surface area contributed by atoms with E-state index in [1.165, 1.54) is 13.0 Å². The van der Waals surface area contributed by atoms with Gasteiger partial charge >= 0.3 is 0 Å². The fourth-order valence-electron chi connectivity index (χ4n) is 3.11. The maximum Gasteiger partial charge on any atom is 0.253 e. The van der Waals surface area contributed by atoms with Crippen LogP contribution in [0.3, 0.4) is 0 Å². The quantitative estimate of drug-likeness (QED) is 0.717. The first-order valence-electron chi connectivity index (χ1n) is 9.77. The predicted molar refractivity (Wildman–Crippen MR) is 123 cm³/mol. The minimum atomic E-state index is -0.254. The van der Waals surface area contributed by atoms with E-state index in [-0.39, 0.29) is 17.7 Å². The van der Waals surface area contributed by atoms with Gasteiger partial charge in [-0.2, -0.15) is 11.8 Å². The maximum atomic E-state index is 12.6. The Bertz CT molecular complexity index is 964. The number of carbonyl (C=O) groups excluding carboxylic acids is 3. The molecule has 1 heterocycles. The molecule has 3 rings (SSSR count). The third-order valence-electron chi connectivity index (χ3n) is 4.69. The Morgan fingerprint density at radius 2 is 1.70 bits per heavy atom. The van der Waals surface area contributed by atoms with E-state index in [1.807, 2.05) is 41.8 Å². The average Bonchev–Trinajstić information content (AvgIpc) is 2.74. The van der Waals surface area contributed by atoms with Crippen LogP contribution >= 0.6 is 11.8 Å². The number of benzene rings is 2. The Labute approximate surface area is 180 Å². The average molecular weight is 424 g/mol. The molecule has 0 bridgehead atoms. The molecule has 0 saturated carbocycles. The molecule has 1 saturated heterocycles. The van der Waals surface area contributed by atoms with E-state index in [0.29, 0.717) is 16.9 Å². The van der Waals surface area contributed by atoms with Gasteiger partial charge in [-0.15, -0.1) is 0 Å². The molecule has 0 radical (unpaired) electrons. The van der Waals surface area contributed by atoms with Crippen LogP contribution in [0.4, 0.5) is 11.4 Å². The summed E-state index contributed by atoms with van der Waals surface area (Å²) in [7, 11) is 0. The summed E-state index contributed by atoms with van der Waals surface area (Å²) in [6.45, 7) is 4.88. The molecular formula is C23H25N3O3S. The number of rotatable bonds is 5. The molecule has 2 aromatic rings. The molecule has 1 aliphatic rings. The molecule has 156 valence electrons. The van der Waals surface area contributed by atoms with E-state index in [9.17, 15) is 14.4 Å². The molecule has 2 N–H and O–H groups in total. The van der Waals surface area contributed by atoms with Crippen molar-refractivity contribution >= 4 is 46.9 Å². The van der Waals surface area contributed by atoms with Gasteiger partial charge in [0.2, 0.25) is 11.8 Å². The second-order valence-corrected chi connectivity index (χ2v) is 8.28. The number of amides is 3. The fourth-order valence-corrected chi connectivity index (χ4v) is 4.02. The number of anilines is 2. The van der Waals surface area contributed by atoms with Gasteiger partial charge in [0.05, 0.1) is 0 Å². The summed E-state index contributed by atoms with van der Waals surface area (Å²) >= 11 is 1.87. The minimum Gasteiger partial charge on any atom is -0.337 e. The molecule has 0 spiro atoms. The van der Waals surface area contributed by atoms with E-state index >= 15 is 0 Å². The number of carbonyl (C=O) groups is 3. The van der Waals surface area contributed by atoms with Gasteiger partial charge in [0, 0.05) is 54.5 Å². The van der Waals surface area contributed by atoms with Crippen LogP contribution in [0, 0.1) is 6.92 Å². The van der Waals surface area contributed by atoms with Gasteiger partial charge in [-0.3, -0.25) is 14.4 Å². The molecule has 7 heteroatoms. The van der Waals surface area contributed by atoms with Gasteiger partial charge in [-0.05, 0) is 54.5 Å². The van der Waals surface area contributed by atoms with Crippen LogP contribution in [-0.4, -0.2) is 47.2 Å². The van der Waals surface area contributed by atoms with Gasteiger partial charge in [-0.1, -0.05) is 12.1 Å². The van der Waals surface area contributed by atoms with E-state index in [0.717, 1.165) is 35.7 Å². The van der Waals surface area contributed by atoms with Crippen molar-refractivity contribution < 1.29 is 14.4 Å². The molecule has 1 fully saturated rings. The number of thioether (sulfide) groups is 1. The highest BCUT2D eigenvalue weighted by Gasteiger charge is 2.19. The Balaban J connectivity index is 1.60. The Kier molecular flexibility index (Phi) is 7.30. The second-order valence-electron chi connectivity index (χ2n) is 7.06. The summed E-state index contributed by atoms with van der Waals surface area (Å²) in [5.74, 6) is 1.60. The van der Waals surface area contributed by atoms with E-state index in [1.54, 1.807) is 30.3 Å². The van der Waals surface area contributed by atoms with Crippen molar-refractivity contribution in [3.8, 4) is 0 Å². The van der Waals surface area contributed by atoms with Crippen LogP contribution in [0.5, 0.6) is 0 Å². The number of hydrogen-bond donors (Lipinski definition) is 2. The lowest BCUT2D eigenvalue weighted by atomic mass is 10.1. The smallest absolute Gasteiger partial charge is 0.253 e.